The Hall–Kier alpha value is -3.56. The number of aryl methyl sites for hydroxylation is 3. The van der Waals surface area contributed by atoms with Crippen molar-refractivity contribution in [3.05, 3.63) is 75.8 Å². The fraction of sp³-hybridized carbons (Fsp3) is 0.292. The SMILES string of the molecule is Cn1cc(-c2ccc(CC[C@@H](O)[C@H](CCn3nnc4ccc(Cl)cc4c3=O)C(=O)O)cc2)cn1. The highest BCUT2D eigenvalue weighted by molar-refractivity contribution is 6.31. The lowest BCUT2D eigenvalue weighted by Crippen LogP contribution is -2.32. The van der Waals surface area contributed by atoms with Crippen LogP contribution in [0.25, 0.3) is 22.0 Å². The highest BCUT2D eigenvalue weighted by Crippen LogP contribution is 2.21. The van der Waals surface area contributed by atoms with Crippen LogP contribution in [0, 0.1) is 5.92 Å². The fourth-order valence-electron chi connectivity index (χ4n) is 3.89. The molecule has 0 saturated heterocycles. The minimum absolute atomic E-state index is 0.0160. The van der Waals surface area contributed by atoms with E-state index in [2.05, 4.69) is 15.4 Å². The Kier molecular flexibility index (Phi) is 7.04. The molecule has 0 aliphatic carbocycles. The largest absolute Gasteiger partial charge is 0.481 e. The molecule has 0 fully saturated rings. The van der Waals surface area contributed by atoms with Gasteiger partial charge in [-0.05, 0) is 48.6 Å². The second-order valence-electron chi connectivity index (χ2n) is 8.22. The van der Waals surface area contributed by atoms with Crippen molar-refractivity contribution in [2.24, 2.45) is 13.0 Å². The zero-order valence-corrected chi connectivity index (χ0v) is 19.3. The van der Waals surface area contributed by atoms with Gasteiger partial charge in [-0.15, -0.1) is 5.10 Å². The van der Waals surface area contributed by atoms with Crippen molar-refractivity contribution in [1.82, 2.24) is 24.8 Å². The topological polar surface area (TPSA) is 123 Å². The summed E-state index contributed by atoms with van der Waals surface area (Å²) in [6.07, 6.45) is 3.47. The summed E-state index contributed by atoms with van der Waals surface area (Å²) in [5.74, 6) is -2.16. The monoisotopic (exact) mass is 481 g/mol. The van der Waals surface area contributed by atoms with Crippen molar-refractivity contribution in [3.63, 3.8) is 0 Å². The first-order valence-corrected chi connectivity index (χ1v) is 11.2. The lowest BCUT2D eigenvalue weighted by atomic mass is 9.93. The number of aliphatic hydroxyl groups excluding tert-OH is 1. The molecule has 2 aromatic heterocycles. The summed E-state index contributed by atoms with van der Waals surface area (Å²) in [6, 6.07) is 12.6. The third-order valence-electron chi connectivity index (χ3n) is 5.84. The molecule has 4 aromatic rings. The number of carboxylic acid groups (broad SMARTS) is 1. The summed E-state index contributed by atoms with van der Waals surface area (Å²) in [7, 11) is 1.86. The van der Waals surface area contributed by atoms with Crippen molar-refractivity contribution < 1.29 is 15.0 Å². The Morgan fingerprint density at radius 2 is 1.88 bits per heavy atom. The van der Waals surface area contributed by atoms with Crippen LogP contribution in [-0.4, -0.2) is 47.1 Å². The summed E-state index contributed by atoms with van der Waals surface area (Å²) in [6.45, 7) is 0.0160. The van der Waals surface area contributed by atoms with Gasteiger partial charge in [-0.2, -0.15) is 5.10 Å². The maximum Gasteiger partial charge on any atom is 0.309 e. The van der Waals surface area contributed by atoms with Crippen molar-refractivity contribution in [3.8, 4) is 11.1 Å². The van der Waals surface area contributed by atoms with Gasteiger partial charge in [0.2, 0.25) is 0 Å². The van der Waals surface area contributed by atoms with Gasteiger partial charge in [0.25, 0.3) is 5.56 Å². The molecule has 10 heteroatoms. The lowest BCUT2D eigenvalue weighted by molar-refractivity contribution is -0.146. The number of rotatable bonds is 9. The van der Waals surface area contributed by atoms with Gasteiger partial charge in [0, 0.05) is 30.4 Å². The quantitative estimate of drug-likeness (QED) is 0.376. The van der Waals surface area contributed by atoms with Crippen LogP contribution in [0.3, 0.4) is 0 Å². The first kappa shape index (κ1) is 23.6. The number of aliphatic hydroxyl groups is 1. The van der Waals surface area contributed by atoms with Gasteiger partial charge in [0.05, 0.1) is 23.6 Å². The first-order chi connectivity index (χ1) is 16.3. The second kappa shape index (κ2) is 10.1. The van der Waals surface area contributed by atoms with Crippen LogP contribution >= 0.6 is 11.6 Å². The summed E-state index contributed by atoms with van der Waals surface area (Å²) in [4.78, 5) is 24.5. The third-order valence-corrected chi connectivity index (χ3v) is 6.07. The fourth-order valence-corrected chi connectivity index (χ4v) is 4.06. The van der Waals surface area contributed by atoms with E-state index in [0.29, 0.717) is 22.3 Å². The standard InChI is InChI=1S/C24H24ClN5O4/c1-29-14-17(13-26-29)16-5-2-15(3-6-16)4-9-22(31)19(24(33)34)10-11-30-23(32)20-12-18(25)7-8-21(20)27-28-30/h2-3,5-8,12-14,19,22,31H,4,9-11H2,1H3,(H,33,34)/t19-,22+/m0/s1. The van der Waals surface area contributed by atoms with Crippen LogP contribution in [0.1, 0.15) is 18.4 Å². The Balaban J connectivity index is 1.39. The molecule has 2 N–H and O–H groups in total. The van der Waals surface area contributed by atoms with E-state index < -0.39 is 23.6 Å². The summed E-state index contributed by atoms with van der Waals surface area (Å²) in [5.41, 5.74) is 3.04. The zero-order chi connectivity index (χ0) is 24.2. The van der Waals surface area contributed by atoms with Crippen LogP contribution in [0.4, 0.5) is 0 Å². The Morgan fingerprint density at radius 1 is 1.12 bits per heavy atom. The summed E-state index contributed by atoms with van der Waals surface area (Å²) in [5, 5.41) is 33.0. The maximum absolute atomic E-state index is 12.7. The summed E-state index contributed by atoms with van der Waals surface area (Å²) >= 11 is 5.97. The average Bonchev–Trinajstić information content (AvgIpc) is 3.26. The van der Waals surface area contributed by atoms with Crippen LogP contribution in [0.15, 0.2) is 59.7 Å². The molecule has 0 radical (unpaired) electrons. The molecular weight excluding hydrogens is 458 g/mol. The van der Waals surface area contributed by atoms with Crippen LogP contribution in [-0.2, 0) is 24.8 Å². The maximum atomic E-state index is 12.7. The Labute approximate surface area is 200 Å². The molecule has 0 unspecified atom stereocenters. The smallest absolute Gasteiger partial charge is 0.309 e. The van der Waals surface area contributed by atoms with Crippen molar-refractivity contribution in [2.75, 3.05) is 0 Å². The molecule has 2 heterocycles. The minimum Gasteiger partial charge on any atom is -0.481 e. The van der Waals surface area contributed by atoms with E-state index in [9.17, 15) is 19.8 Å². The predicted octanol–water partition coefficient (Wildman–Crippen LogP) is 2.93. The van der Waals surface area contributed by atoms with Gasteiger partial charge in [-0.3, -0.25) is 14.3 Å². The van der Waals surface area contributed by atoms with E-state index in [1.54, 1.807) is 23.0 Å². The molecule has 4 rings (SSSR count). The number of aromatic nitrogens is 5. The van der Waals surface area contributed by atoms with Gasteiger partial charge in [-0.25, -0.2) is 4.68 Å². The highest BCUT2D eigenvalue weighted by Gasteiger charge is 2.26. The number of hydrogen-bond acceptors (Lipinski definition) is 6. The number of fused-ring (bicyclic) bond motifs is 1. The van der Waals surface area contributed by atoms with Crippen LogP contribution in [0.2, 0.25) is 5.02 Å². The van der Waals surface area contributed by atoms with E-state index in [1.165, 1.54) is 6.07 Å². The molecule has 0 spiro atoms. The van der Waals surface area contributed by atoms with Crippen LogP contribution in [0.5, 0.6) is 0 Å². The van der Waals surface area contributed by atoms with Gasteiger partial charge < -0.3 is 10.2 Å². The zero-order valence-electron chi connectivity index (χ0n) is 18.5. The van der Waals surface area contributed by atoms with Crippen LogP contribution < -0.4 is 5.56 Å². The number of aliphatic carboxylic acids is 1. The predicted molar refractivity (Wildman–Crippen MR) is 128 cm³/mol. The highest BCUT2D eigenvalue weighted by atomic mass is 35.5. The van der Waals surface area contributed by atoms with Crippen molar-refractivity contribution in [1.29, 1.82) is 0 Å². The molecule has 2 atom stereocenters. The number of nitrogens with zero attached hydrogens (tertiary/aromatic N) is 5. The third kappa shape index (κ3) is 5.32. The molecular formula is C24H24ClN5O4. The second-order valence-corrected chi connectivity index (χ2v) is 8.65. The van der Waals surface area contributed by atoms with E-state index >= 15 is 0 Å². The van der Waals surface area contributed by atoms with E-state index in [1.807, 2.05) is 37.5 Å². The molecule has 0 aliphatic heterocycles. The molecule has 176 valence electrons. The molecule has 0 saturated carbocycles. The Bertz CT molecular complexity index is 1370. The van der Waals surface area contributed by atoms with Gasteiger partial charge in [0.1, 0.15) is 5.52 Å². The van der Waals surface area contributed by atoms with E-state index in [4.69, 9.17) is 11.6 Å². The molecule has 34 heavy (non-hydrogen) atoms. The van der Waals surface area contributed by atoms with Crippen molar-refractivity contribution in [2.45, 2.75) is 31.9 Å². The van der Waals surface area contributed by atoms with Crippen molar-refractivity contribution >= 4 is 28.5 Å². The van der Waals surface area contributed by atoms with Gasteiger partial charge >= 0.3 is 5.97 Å². The molecule has 0 amide bonds. The number of hydrogen-bond donors (Lipinski definition) is 2. The lowest BCUT2D eigenvalue weighted by Gasteiger charge is -2.19. The Morgan fingerprint density at radius 3 is 2.56 bits per heavy atom. The average molecular weight is 482 g/mol. The number of benzene rings is 2. The van der Waals surface area contributed by atoms with E-state index in [-0.39, 0.29) is 19.4 Å². The minimum atomic E-state index is -1.12. The molecule has 2 aromatic carbocycles. The number of carbonyl (C=O) groups is 1. The first-order valence-electron chi connectivity index (χ1n) is 10.8. The number of halogens is 1. The normalized spacial score (nSPS) is 13.1. The summed E-state index contributed by atoms with van der Waals surface area (Å²) < 4.78 is 2.84. The number of carboxylic acids is 1. The van der Waals surface area contributed by atoms with E-state index in [0.717, 1.165) is 21.4 Å². The molecule has 0 aliphatic rings. The van der Waals surface area contributed by atoms with Gasteiger partial charge in [-0.1, -0.05) is 41.1 Å². The molecule has 0 bridgehead atoms. The van der Waals surface area contributed by atoms with Gasteiger partial charge in [0.15, 0.2) is 0 Å². The molecule has 9 nitrogen and oxygen atoms in total.